The van der Waals surface area contributed by atoms with Crippen LogP contribution in [0.15, 0.2) is 53.0 Å². The number of halogens is 2. The average Bonchev–Trinajstić information content (AvgIpc) is 2.72. The Hall–Kier alpha value is -1.25. The van der Waals surface area contributed by atoms with Gasteiger partial charge in [0.15, 0.2) is 0 Å². The molecule has 1 aromatic heterocycles. The summed E-state index contributed by atoms with van der Waals surface area (Å²) < 4.78 is 1.08. The van der Waals surface area contributed by atoms with Gasteiger partial charge in [-0.25, -0.2) is 0 Å². The summed E-state index contributed by atoms with van der Waals surface area (Å²) in [5.74, 6) is 0. The highest BCUT2D eigenvalue weighted by Gasteiger charge is 2.03. The predicted octanol–water partition coefficient (Wildman–Crippen LogP) is 5.25. The summed E-state index contributed by atoms with van der Waals surface area (Å²) in [6.07, 6.45) is 0. The predicted molar refractivity (Wildman–Crippen MR) is 76.4 cm³/mol. The second-order valence-corrected chi connectivity index (χ2v) is 5.28. The van der Waals surface area contributed by atoms with Gasteiger partial charge in [0, 0.05) is 26.1 Å². The lowest BCUT2D eigenvalue weighted by atomic mass is 10.1. The van der Waals surface area contributed by atoms with Gasteiger partial charge in [-0.15, -0.1) is 0 Å². The summed E-state index contributed by atoms with van der Waals surface area (Å²) in [5, 5.41) is 1.92. The minimum Gasteiger partial charge on any atom is -0.354 e. The summed E-state index contributed by atoms with van der Waals surface area (Å²) in [6, 6.07) is 16.2. The van der Waals surface area contributed by atoms with Crippen molar-refractivity contribution in [2.24, 2.45) is 0 Å². The third kappa shape index (κ3) is 2.11. The zero-order valence-corrected chi connectivity index (χ0v) is 11.2. The number of aromatic nitrogens is 1. The Balaban J connectivity index is 2.18. The molecule has 1 heterocycles. The van der Waals surface area contributed by atoms with Gasteiger partial charge in [0.2, 0.25) is 0 Å². The minimum atomic E-state index is 0.750. The van der Waals surface area contributed by atoms with Crippen molar-refractivity contribution >= 4 is 38.4 Å². The highest BCUT2D eigenvalue weighted by molar-refractivity contribution is 9.10. The number of hydrogen-bond donors (Lipinski definition) is 1. The van der Waals surface area contributed by atoms with Crippen molar-refractivity contribution in [1.29, 1.82) is 0 Å². The third-order valence-electron chi connectivity index (χ3n) is 2.72. The van der Waals surface area contributed by atoms with E-state index in [1.54, 1.807) is 0 Å². The van der Waals surface area contributed by atoms with E-state index < -0.39 is 0 Å². The molecule has 0 aliphatic heterocycles. The summed E-state index contributed by atoms with van der Waals surface area (Å²) in [4.78, 5) is 3.37. The van der Waals surface area contributed by atoms with Gasteiger partial charge in [0.05, 0.1) is 0 Å². The van der Waals surface area contributed by atoms with Gasteiger partial charge in [-0.05, 0) is 35.9 Å². The van der Waals surface area contributed by atoms with Gasteiger partial charge >= 0.3 is 0 Å². The van der Waals surface area contributed by atoms with E-state index >= 15 is 0 Å². The van der Waals surface area contributed by atoms with Crippen LogP contribution >= 0.6 is 27.5 Å². The second-order valence-electron chi connectivity index (χ2n) is 3.92. The monoisotopic (exact) mass is 305 g/mol. The number of rotatable bonds is 1. The van der Waals surface area contributed by atoms with E-state index in [1.807, 2.05) is 30.3 Å². The molecule has 0 spiro atoms. The van der Waals surface area contributed by atoms with E-state index in [-0.39, 0.29) is 0 Å². The molecule has 3 heteroatoms. The average molecular weight is 307 g/mol. The van der Waals surface area contributed by atoms with Gasteiger partial charge in [-0.1, -0.05) is 45.7 Å². The van der Waals surface area contributed by atoms with Crippen molar-refractivity contribution in [3.8, 4) is 11.3 Å². The van der Waals surface area contributed by atoms with Crippen LogP contribution in [0.4, 0.5) is 0 Å². The molecule has 0 aliphatic carbocycles. The number of aromatic amines is 1. The smallest absolute Gasteiger partial charge is 0.0473 e. The Morgan fingerprint density at radius 3 is 2.71 bits per heavy atom. The number of H-pyrrole nitrogens is 1. The number of fused-ring (bicyclic) bond motifs is 1. The molecule has 0 fully saturated rings. The largest absolute Gasteiger partial charge is 0.354 e. The SMILES string of the molecule is Clc1ccc2cc(-c3cccc(Br)c3)[nH]c2c1. The molecule has 1 N–H and O–H groups in total. The lowest BCUT2D eigenvalue weighted by Gasteiger charge is -1.97. The van der Waals surface area contributed by atoms with Crippen molar-refractivity contribution in [1.82, 2.24) is 4.98 Å². The molecule has 2 aromatic carbocycles. The standard InChI is InChI=1S/C14H9BrClN/c15-11-3-1-2-9(6-11)13-7-10-4-5-12(16)8-14(10)17-13/h1-8,17H. The van der Waals surface area contributed by atoms with E-state index in [0.717, 1.165) is 26.3 Å². The molecule has 0 atom stereocenters. The van der Waals surface area contributed by atoms with Crippen LogP contribution in [0.3, 0.4) is 0 Å². The van der Waals surface area contributed by atoms with Crippen molar-refractivity contribution in [2.75, 3.05) is 0 Å². The van der Waals surface area contributed by atoms with Gasteiger partial charge in [-0.3, -0.25) is 0 Å². The van der Waals surface area contributed by atoms with Crippen LogP contribution in [0.1, 0.15) is 0 Å². The van der Waals surface area contributed by atoms with E-state index in [2.05, 4.69) is 39.1 Å². The first-order valence-corrected chi connectivity index (χ1v) is 6.44. The zero-order chi connectivity index (χ0) is 11.8. The molecule has 3 rings (SSSR count). The van der Waals surface area contributed by atoms with Crippen LogP contribution in [0.2, 0.25) is 5.02 Å². The Kier molecular flexibility index (Phi) is 2.69. The van der Waals surface area contributed by atoms with E-state index in [0.29, 0.717) is 0 Å². The van der Waals surface area contributed by atoms with Gasteiger partial charge in [0.1, 0.15) is 0 Å². The van der Waals surface area contributed by atoms with Crippen LogP contribution in [0, 0.1) is 0 Å². The van der Waals surface area contributed by atoms with Crippen LogP contribution in [-0.4, -0.2) is 4.98 Å². The Labute approximate surface area is 113 Å². The van der Waals surface area contributed by atoms with Crippen molar-refractivity contribution in [3.05, 3.63) is 58.0 Å². The molecule has 0 amide bonds. The van der Waals surface area contributed by atoms with Crippen molar-refractivity contribution in [3.63, 3.8) is 0 Å². The fourth-order valence-corrected chi connectivity index (χ4v) is 2.48. The molecule has 1 nitrogen and oxygen atoms in total. The van der Waals surface area contributed by atoms with Gasteiger partial charge in [0.25, 0.3) is 0 Å². The lowest BCUT2D eigenvalue weighted by molar-refractivity contribution is 1.45. The molecule has 3 aromatic rings. The minimum absolute atomic E-state index is 0.750. The van der Waals surface area contributed by atoms with E-state index in [4.69, 9.17) is 11.6 Å². The molecule has 84 valence electrons. The van der Waals surface area contributed by atoms with Crippen LogP contribution in [0.25, 0.3) is 22.2 Å². The van der Waals surface area contributed by atoms with Crippen LogP contribution in [0.5, 0.6) is 0 Å². The number of nitrogens with one attached hydrogen (secondary N) is 1. The number of benzene rings is 2. The Bertz CT molecular complexity index is 688. The van der Waals surface area contributed by atoms with Crippen LogP contribution in [-0.2, 0) is 0 Å². The lowest BCUT2D eigenvalue weighted by Crippen LogP contribution is -1.76. The quantitative estimate of drug-likeness (QED) is 0.632. The first-order valence-electron chi connectivity index (χ1n) is 5.26. The number of hydrogen-bond acceptors (Lipinski definition) is 0. The van der Waals surface area contributed by atoms with Gasteiger partial charge in [-0.2, -0.15) is 0 Å². The summed E-state index contributed by atoms with van der Waals surface area (Å²) in [6.45, 7) is 0. The normalized spacial score (nSPS) is 10.9. The maximum absolute atomic E-state index is 5.97. The molecule has 0 saturated heterocycles. The molecule has 0 radical (unpaired) electrons. The highest BCUT2D eigenvalue weighted by atomic mass is 79.9. The van der Waals surface area contributed by atoms with Crippen LogP contribution < -0.4 is 0 Å². The third-order valence-corrected chi connectivity index (χ3v) is 3.45. The molecular formula is C14H9BrClN. The van der Waals surface area contributed by atoms with Crippen molar-refractivity contribution < 1.29 is 0 Å². The summed E-state index contributed by atoms with van der Waals surface area (Å²) in [5.41, 5.74) is 3.32. The highest BCUT2D eigenvalue weighted by Crippen LogP contribution is 2.27. The molecule has 17 heavy (non-hydrogen) atoms. The topological polar surface area (TPSA) is 15.8 Å². The van der Waals surface area contributed by atoms with E-state index in [1.165, 1.54) is 5.39 Å². The molecule has 0 bridgehead atoms. The molecule has 0 unspecified atom stereocenters. The molecular weight excluding hydrogens is 298 g/mol. The maximum Gasteiger partial charge on any atom is 0.0473 e. The first-order chi connectivity index (χ1) is 8.22. The second kappa shape index (κ2) is 4.21. The Morgan fingerprint density at radius 1 is 1.00 bits per heavy atom. The van der Waals surface area contributed by atoms with E-state index in [9.17, 15) is 0 Å². The first kappa shape index (κ1) is 10.9. The summed E-state index contributed by atoms with van der Waals surface area (Å²) in [7, 11) is 0. The molecule has 0 saturated carbocycles. The van der Waals surface area contributed by atoms with Gasteiger partial charge < -0.3 is 4.98 Å². The summed E-state index contributed by atoms with van der Waals surface area (Å²) >= 11 is 9.45. The maximum atomic E-state index is 5.97. The van der Waals surface area contributed by atoms with Crippen molar-refractivity contribution in [2.45, 2.75) is 0 Å². The molecule has 0 aliphatic rings. The Morgan fingerprint density at radius 2 is 1.88 bits per heavy atom. The zero-order valence-electron chi connectivity index (χ0n) is 8.87. The fourth-order valence-electron chi connectivity index (χ4n) is 1.91. The fraction of sp³-hybridized carbons (Fsp3) is 0.